The summed E-state index contributed by atoms with van der Waals surface area (Å²) in [5, 5.41) is 13.5. The molecule has 1 aliphatic rings. The number of morpholine rings is 1. The van der Waals surface area contributed by atoms with Crippen LogP contribution in [0.5, 0.6) is 0 Å². The Balaban J connectivity index is 1.96. The van der Waals surface area contributed by atoms with Crippen molar-refractivity contribution >= 4 is 33.2 Å². The molecule has 0 radical (unpaired) electrons. The molecule has 1 aromatic rings. The monoisotopic (exact) mass is 372 g/mol. The Morgan fingerprint density at radius 3 is 2.64 bits per heavy atom. The normalized spacial score (nSPS) is 24.8. The molecule has 1 aromatic carbocycles. The highest BCUT2D eigenvalue weighted by Gasteiger charge is 2.27. The molecule has 0 aliphatic carbocycles. The van der Waals surface area contributed by atoms with Crippen LogP contribution in [0.4, 0.5) is 11.4 Å². The van der Waals surface area contributed by atoms with E-state index >= 15 is 0 Å². The van der Waals surface area contributed by atoms with Gasteiger partial charge in [0.1, 0.15) is 25.3 Å². The Morgan fingerprint density at radius 1 is 1.45 bits per heavy atom. The summed E-state index contributed by atoms with van der Waals surface area (Å²) in [6.07, 6.45) is 0.273. The summed E-state index contributed by atoms with van der Waals surface area (Å²) >= 11 is 3.24. The number of hydrogen-bond acceptors (Lipinski definition) is 4. The van der Waals surface area contributed by atoms with Crippen LogP contribution in [-0.4, -0.2) is 42.7 Å². The number of carbonyl (C=O) groups excluding carboxylic acids is 1. The molecule has 0 aromatic heterocycles. The number of non-ortho nitro benzene ring substituents is 1. The van der Waals surface area contributed by atoms with Crippen LogP contribution < -0.4 is 10.2 Å². The number of rotatable bonds is 4. The summed E-state index contributed by atoms with van der Waals surface area (Å²) in [4.78, 5) is 23.5. The third-order valence-electron chi connectivity index (χ3n) is 3.47. The molecule has 2 rings (SSSR count). The van der Waals surface area contributed by atoms with Crippen molar-refractivity contribution in [3.05, 3.63) is 32.8 Å². The van der Waals surface area contributed by atoms with Crippen molar-refractivity contribution in [2.45, 2.75) is 26.1 Å². The number of nitro benzene ring substituents is 1. The van der Waals surface area contributed by atoms with E-state index in [1.165, 1.54) is 23.1 Å². The van der Waals surface area contributed by atoms with Crippen molar-refractivity contribution in [1.29, 1.82) is 0 Å². The molecule has 1 unspecified atom stereocenters. The van der Waals surface area contributed by atoms with Gasteiger partial charge in [-0.25, -0.2) is 0 Å². The number of quaternary nitrogens is 1. The summed E-state index contributed by atoms with van der Waals surface area (Å²) in [6, 6.07) is 4.27. The van der Waals surface area contributed by atoms with Gasteiger partial charge in [-0.2, -0.15) is 0 Å². The second-order valence-corrected chi connectivity index (χ2v) is 6.42. The Bertz CT molecular complexity index is 571. The van der Waals surface area contributed by atoms with Crippen LogP contribution in [0.1, 0.15) is 13.8 Å². The highest BCUT2D eigenvalue weighted by Crippen LogP contribution is 2.26. The molecule has 0 saturated carbocycles. The number of nitrogens with zero attached hydrogens (tertiary/aromatic N) is 1. The number of ether oxygens (including phenoxy) is 1. The highest BCUT2D eigenvalue weighted by atomic mass is 79.9. The fraction of sp³-hybridized carbons (Fsp3) is 0.500. The lowest BCUT2D eigenvalue weighted by atomic mass is 10.2. The maximum Gasteiger partial charge on any atom is 0.279 e. The third-order valence-corrected chi connectivity index (χ3v) is 4.12. The van der Waals surface area contributed by atoms with Gasteiger partial charge in [0.25, 0.3) is 11.6 Å². The minimum Gasteiger partial charge on any atom is -0.364 e. The van der Waals surface area contributed by atoms with Crippen LogP contribution in [0.25, 0.3) is 0 Å². The Hall–Kier alpha value is -1.51. The zero-order chi connectivity index (χ0) is 16.3. The number of nitro groups is 1. The Morgan fingerprint density at radius 2 is 2.09 bits per heavy atom. The molecular formula is C14H19BrN3O4+. The van der Waals surface area contributed by atoms with Gasteiger partial charge in [0.05, 0.1) is 10.6 Å². The number of amides is 1. The van der Waals surface area contributed by atoms with Gasteiger partial charge in [-0.05, 0) is 35.8 Å². The molecule has 120 valence electrons. The molecular weight excluding hydrogens is 354 g/mol. The molecule has 1 aliphatic heterocycles. The molecule has 1 amide bonds. The van der Waals surface area contributed by atoms with Crippen molar-refractivity contribution in [2.24, 2.45) is 0 Å². The predicted molar refractivity (Wildman–Crippen MR) is 85.0 cm³/mol. The summed E-state index contributed by atoms with van der Waals surface area (Å²) < 4.78 is 6.14. The number of nitrogens with one attached hydrogen (secondary N) is 2. The first-order valence-electron chi connectivity index (χ1n) is 7.08. The fourth-order valence-electron chi connectivity index (χ4n) is 2.67. The van der Waals surface area contributed by atoms with Gasteiger partial charge in [-0.3, -0.25) is 14.9 Å². The van der Waals surface area contributed by atoms with Gasteiger partial charge >= 0.3 is 0 Å². The third kappa shape index (κ3) is 4.49. The van der Waals surface area contributed by atoms with Gasteiger partial charge in [-0.1, -0.05) is 0 Å². The molecule has 1 heterocycles. The van der Waals surface area contributed by atoms with Crippen molar-refractivity contribution in [2.75, 3.05) is 25.0 Å². The molecule has 3 atom stereocenters. The predicted octanol–water partition coefficient (Wildman–Crippen LogP) is 0.988. The van der Waals surface area contributed by atoms with Gasteiger partial charge in [0, 0.05) is 16.6 Å². The smallest absolute Gasteiger partial charge is 0.279 e. The maximum absolute atomic E-state index is 12.1. The number of anilines is 1. The number of carbonyl (C=O) groups is 1. The van der Waals surface area contributed by atoms with E-state index < -0.39 is 4.92 Å². The largest absolute Gasteiger partial charge is 0.364 e. The molecule has 1 fully saturated rings. The summed E-state index contributed by atoms with van der Waals surface area (Å²) in [5.74, 6) is -0.120. The van der Waals surface area contributed by atoms with E-state index in [1.54, 1.807) is 0 Å². The first-order valence-corrected chi connectivity index (χ1v) is 7.87. The van der Waals surface area contributed by atoms with Crippen molar-refractivity contribution < 1.29 is 19.4 Å². The average molecular weight is 373 g/mol. The van der Waals surface area contributed by atoms with E-state index in [9.17, 15) is 14.9 Å². The SMILES string of the molecule is C[C@@H]1C[NH+](CC(=O)Nc2ccc([N+](=O)[O-])cc2Br)C[C@H](C)O1. The molecule has 22 heavy (non-hydrogen) atoms. The standard InChI is InChI=1S/C14H18BrN3O4/c1-9-6-17(7-10(2)22-9)8-14(19)16-13-4-3-11(18(20)21)5-12(13)15/h3-5,9-10H,6-8H2,1-2H3,(H,16,19)/p+1/t9-,10+. The second-order valence-electron chi connectivity index (χ2n) is 5.56. The van der Waals surface area contributed by atoms with Crippen molar-refractivity contribution in [3.63, 3.8) is 0 Å². The maximum atomic E-state index is 12.1. The van der Waals surface area contributed by atoms with Crippen molar-refractivity contribution in [1.82, 2.24) is 0 Å². The molecule has 7 nitrogen and oxygen atoms in total. The van der Waals surface area contributed by atoms with Crippen LogP contribution in [0, 0.1) is 10.1 Å². The summed E-state index contributed by atoms with van der Waals surface area (Å²) in [7, 11) is 0. The minimum atomic E-state index is -0.475. The first kappa shape index (κ1) is 16.9. The molecule has 8 heteroatoms. The van der Waals surface area contributed by atoms with Crippen molar-refractivity contribution in [3.8, 4) is 0 Å². The highest BCUT2D eigenvalue weighted by molar-refractivity contribution is 9.10. The van der Waals surface area contributed by atoms with Gasteiger partial charge in [0.15, 0.2) is 6.54 Å². The van der Waals surface area contributed by atoms with Crippen LogP contribution in [0.2, 0.25) is 0 Å². The topological polar surface area (TPSA) is 85.9 Å². The van der Waals surface area contributed by atoms with Gasteiger partial charge in [-0.15, -0.1) is 0 Å². The number of halogens is 1. The minimum absolute atomic E-state index is 0.0219. The first-order chi connectivity index (χ1) is 10.3. The summed E-state index contributed by atoms with van der Waals surface area (Å²) in [6.45, 7) is 5.93. The van der Waals surface area contributed by atoms with Crippen LogP contribution in [0.15, 0.2) is 22.7 Å². The fourth-order valence-corrected chi connectivity index (χ4v) is 3.14. The lowest BCUT2D eigenvalue weighted by Crippen LogP contribution is -3.16. The summed E-state index contributed by atoms with van der Waals surface area (Å²) in [5.41, 5.74) is 0.510. The van der Waals surface area contributed by atoms with E-state index in [0.29, 0.717) is 16.7 Å². The number of benzene rings is 1. The zero-order valence-corrected chi connectivity index (χ0v) is 14.1. The molecule has 0 spiro atoms. The van der Waals surface area contributed by atoms with Gasteiger partial charge < -0.3 is 15.0 Å². The van der Waals surface area contributed by atoms with E-state index in [-0.39, 0.29) is 23.8 Å². The lowest BCUT2D eigenvalue weighted by molar-refractivity contribution is -0.907. The van der Waals surface area contributed by atoms with Crippen LogP contribution >= 0.6 is 15.9 Å². The van der Waals surface area contributed by atoms with E-state index in [4.69, 9.17) is 4.74 Å². The second kappa shape index (κ2) is 7.17. The molecule has 2 N–H and O–H groups in total. The molecule has 0 bridgehead atoms. The number of hydrogen-bond donors (Lipinski definition) is 2. The lowest BCUT2D eigenvalue weighted by Gasteiger charge is -2.31. The zero-order valence-electron chi connectivity index (χ0n) is 12.5. The van der Waals surface area contributed by atoms with E-state index in [0.717, 1.165) is 13.1 Å². The van der Waals surface area contributed by atoms with Crippen LogP contribution in [0.3, 0.4) is 0 Å². The Labute approximate surface area is 136 Å². The van der Waals surface area contributed by atoms with E-state index in [1.807, 2.05) is 13.8 Å². The van der Waals surface area contributed by atoms with Crippen LogP contribution in [-0.2, 0) is 9.53 Å². The molecule has 1 saturated heterocycles. The average Bonchev–Trinajstić information content (AvgIpc) is 2.39. The Kier molecular flexibility index (Phi) is 5.49. The van der Waals surface area contributed by atoms with E-state index in [2.05, 4.69) is 21.2 Å². The quantitative estimate of drug-likeness (QED) is 0.609. The van der Waals surface area contributed by atoms with Gasteiger partial charge in [0.2, 0.25) is 0 Å².